The molecule has 6 atom stereocenters. The number of halogens is 3. The molecule has 0 aromatic heterocycles. The summed E-state index contributed by atoms with van der Waals surface area (Å²) in [5, 5.41) is 22.7. The molecule has 10 nitrogen and oxygen atoms in total. The van der Waals surface area contributed by atoms with Crippen molar-refractivity contribution in [1.29, 1.82) is 0 Å². The quantitative estimate of drug-likeness (QED) is 0.346. The molecule has 2 unspecified atom stereocenters. The van der Waals surface area contributed by atoms with Gasteiger partial charge in [0.1, 0.15) is 5.75 Å². The zero-order chi connectivity index (χ0) is 33.3. The van der Waals surface area contributed by atoms with Crippen molar-refractivity contribution in [2.24, 2.45) is 41.2 Å². The van der Waals surface area contributed by atoms with E-state index in [0.29, 0.717) is 24.9 Å². The second kappa shape index (κ2) is 11.6. The average molecular weight is 636 g/mol. The molecule has 4 aliphatic carbocycles. The minimum Gasteiger partial charge on any atom is -0.507 e. The summed E-state index contributed by atoms with van der Waals surface area (Å²) in [5.74, 6) is -12.6. The number of Topliss-reactive ketones (excluding diaryl/α,β-unsaturated/α-hetero) is 4. The van der Waals surface area contributed by atoms with E-state index >= 15 is 0 Å². The SMILES string of the molecule is CC(C)CCN(Cc1cc(O)c2c(c1C(F)(F)F)C[C@H]1C[C@H]3[C@H](N(C)C)C(=O)C(C(N)=O)C(=O)[C@@]3(O)C(=O)C1C2=O)CC1CC1. The summed E-state index contributed by atoms with van der Waals surface area (Å²) in [7, 11) is 2.88. The standard InChI is InChI=1S/C32H40F3N3O7/c1-14(2)7-8-38(12-15-5-6-15)13-17-11-20(39)22-18(24(17)32(33,34)35)9-16-10-19-25(37(3)4)27(41)23(30(36)44)29(43)31(19,45)28(42)21(16)26(22)40/h11,14-16,19,21,23,25,39,45H,5-10,12-13H2,1-4H3,(H2,36,44)/t16-,19-,21?,23?,25-,31-/m0/s1. The number of ketones is 4. The van der Waals surface area contributed by atoms with E-state index in [-0.39, 0.29) is 18.5 Å². The first kappa shape index (κ1) is 33.2. The Hall–Kier alpha value is -3.16. The van der Waals surface area contributed by atoms with Crippen molar-refractivity contribution >= 4 is 29.0 Å². The lowest BCUT2D eigenvalue weighted by Gasteiger charge is -2.52. The maximum atomic E-state index is 14.9. The molecule has 13 heteroatoms. The molecule has 45 heavy (non-hydrogen) atoms. The molecule has 0 radical (unpaired) electrons. The number of fused-ring (bicyclic) bond motifs is 3. The normalized spacial score (nSPS) is 30.2. The molecule has 4 N–H and O–H groups in total. The number of nitrogens with two attached hydrogens (primary N) is 1. The molecule has 0 aliphatic heterocycles. The number of carbonyl (C=O) groups is 5. The van der Waals surface area contributed by atoms with E-state index in [1.807, 2.05) is 18.7 Å². The number of likely N-dealkylation sites (N-methyl/N-ethyl adjacent to an activating group) is 1. The van der Waals surface area contributed by atoms with Crippen LogP contribution >= 0.6 is 0 Å². The van der Waals surface area contributed by atoms with Crippen molar-refractivity contribution in [2.75, 3.05) is 27.2 Å². The van der Waals surface area contributed by atoms with Crippen LogP contribution in [0.2, 0.25) is 0 Å². The first-order chi connectivity index (χ1) is 20.9. The summed E-state index contributed by atoms with van der Waals surface area (Å²) in [6.07, 6.45) is -2.91. The number of rotatable bonds is 9. The van der Waals surface area contributed by atoms with Gasteiger partial charge in [0.25, 0.3) is 0 Å². The smallest absolute Gasteiger partial charge is 0.417 e. The highest BCUT2D eigenvalue weighted by Gasteiger charge is 2.69. The number of amides is 1. The van der Waals surface area contributed by atoms with Crippen LogP contribution in [0.25, 0.3) is 0 Å². The highest BCUT2D eigenvalue weighted by atomic mass is 19.4. The van der Waals surface area contributed by atoms with Gasteiger partial charge in [0, 0.05) is 19.0 Å². The highest BCUT2D eigenvalue weighted by Crippen LogP contribution is 2.53. The van der Waals surface area contributed by atoms with Crippen molar-refractivity contribution in [3.05, 3.63) is 28.3 Å². The topological polar surface area (TPSA) is 158 Å². The number of hydrogen-bond donors (Lipinski definition) is 3. The van der Waals surface area contributed by atoms with Gasteiger partial charge in [0.2, 0.25) is 5.91 Å². The predicted molar refractivity (Wildman–Crippen MR) is 154 cm³/mol. The van der Waals surface area contributed by atoms with Crippen LogP contribution < -0.4 is 5.73 Å². The summed E-state index contributed by atoms with van der Waals surface area (Å²) < 4.78 is 44.7. The van der Waals surface area contributed by atoms with E-state index in [1.165, 1.54) is 19.0 Å². The Morgan fingerprint density at radius 1 is 1.13 bits per heavy atom. The molecule has 0 bridgehead atoms. The fourth-order valence-electron chi connectivity index (χ4n) is 7.80. The van der Waals surface area contributed by atoms with E-state index in [1.54, 1.807) is 0 Å². The van der Waals surface area contributed by atoms with Crippen LogP contribution in [0.15, 0.2) is 6.07 Å². The minimum atomic E-state index is -4.90. The number of nitrogens with zero attached hydrogens (tertiary/aromatic N) is 2. The molecule has 0 spiro atoms. The van der Waals surface area contributed by atoms with Gasteiger partial charge in [-0.2, -0.15) is 13.2 Å². The molecule has 3 saturated carbocycles. The van der Waals surface area contributed by atoms with Crippen molar-refractivity contribution in [3.63, 3.8) is 0 Å². The third kappa shape index (κ3) is 5.61. The molecular weight excluding hydrogens is 595 g/mol. The number of aromatic hydroxyl groups is 1. The van der Waals surface area contributed by atoms with Gasteiger partial charge in [-0.15, -0.1) is 0 Å². The number of aliphatic hydroxyl groups is 1. The first-order valence-electron chi connectivity index (χ1n) is 15.4. The molecule has 1 amide bonds. The Balaban J connectivity index is 1.60. The van der Waals surface area contributed by atoms with Gasteiger partial charge in [-0.3, -0.25) is 33.8 Å². The van der Waals surface area contributed by atoms with E-state index in [0.717, 1.165) is 25.3 Å². The molecule has 5 rings (SSSR count). The molecule has 246 valence electrons. The van der Waals surface area contributed by atoms with Gasteiger partial charge in [0.15, 0.2) is 34.7 Å². The Kier molecular flexibility index (Phi) is 8.54. The molecule has 0 heterocycles. The number of hydrogen-bond acceptors (Lipinski definition) is 9. The van der Waals surface area contributed by atoms with Gasteiger partial charge < -0.3 is 15.9 Å². The van der Waals surface area contributed by atoms with Crippen molar-refractivity contribution in [2.45, 2.75) is 70.3 Å². The lowest BCUT2D eigenvalue weighted by Crippen LogP contribution is -2.74. The van der Waals surface area contributed by atoms with E-state index in [9.17, 15) is 47.4 Å². The summed E-state index contributed by atoms with van der Waals surface area (Å²) in [6.45, 7) is 5.13. The van der Waals surface area contributed by atoms with Crippen LogP contribution in [-0.4, -0.2) is 87.9 Å². The van der Waals surface area contributed by atoms with Crippen LogP contribution in [0.1, 0.15) is 66.6 Å². The van der Waals surface area contributed by atoms with Gasteiger partial charge in [-0.25, -0.2) is 0 Å². The minimum absolute atomic E-state index is 0.0945. The summed E-state index contributed by atoms with van der Waals surface area (Å²) in [4.78, 5) is 69.9. The number of phenolic OH excluding ortho intramolecular Hbond substituents is 1. The second-order valence-electron chi connectivity index (χ2n) is 13.9. The fourth-order valence-corrected chi connectivity index (χ4v) is 7.80. The third-order valence-corrected chi connectivity index (χ3v) is 10.1. The molecule has 1 aromatic rings. The van der Waals surface area contributed by atoms with E-state index in [2.05, 4.69) is 0 Å². The summed E-state index contributed by atoms with van der Waals surface area (Å²) in [6, 6.07) is -0.402. The number of phenols is 1. The number of alkyl halides is 3. The Bertz CT molecular complexity index is 1450. The average Bonchev–Trinajstić information content (AvgIpc) is 3.72. The van der Waals surface area contributed by atoms with Gasteiger partial charge in [-0.05, 0) is 87.7 Å². The van der Waals surface area contributed by atoms with E-state index < -0.39 is 99.4 Å². The van der Waals surface area contributed by atoms with Crippen LogP contribution in [0, 0.1) is 35.5 Å². The Labute approximate surface area is 259 Å². The molecule has 3 fully saturated rings. The van der Waals surface area contributed by atoms with Crippen LogP contribution in [0.5, 0.6) is 5.75 Å². The molecular formula is C32H40F3N3O7. The monoisotopic (exact) mass is 635 g/mol. The summed E-state index contributed by atoms with van der Waals surface area (Å²) >= 11 is 0. The maximum Gasteiger partial charge on any atom is 0.417 e. The van der Waals surface area contributed by atoms with Gasteiger partial charge in [0.05, 0.1) is 23.1 Å². The largest absolute Gasteiger partial charge is 0.507 e. The van der Waals surface area contributed by atoms with Gasteiger partial charge >= 0.3 is 6.18 Å². The molecule has 1 aromatic carbocycles. The Morgan fingerprint density at radius 2 is 1.78 bits per heavy atom. The number of benzene rings is 1. The van der Waals surface area contributed by atoms with Crippen LogP contribution in [-0.2, 0) is 38.3 Å². The first-order valence-corrected chi connectivity index (χ1v) is 15.4. The fraction of sp³-hybridized carbons (Fsp3) is 0.656. The van der Waals surface area contributed by atoms with Crippen molar-refractivity contribution < 1.29 is 47.4 Å². The zero-order valence-corrected chi connectivity index (χ0v) is 25.8. The second-order valence-corrected chi connectivity index (χ2v) is 13.9. The van der Waals surface area contributed by atoms with Crippen molar-refractivity contribution in [3.8, 4) is 5.75 Å². The van der Waals surface area contributed by atoms with Crippen LogP contribution in [0.4, 0.5) is 13.2 Å². The lowest BCUT2D eigenvalue weighted by molar-refractivity contribution is -0.181. The summed E-state index contributed by atoms with van der Waals surface area (Å²) in [5.41, 5.74) is 0.0765. The van der Waals surface area contributed by atoms with Crippen LogP contribution in [0.3, 0.4) is 0 Å². The highest BCUT2D eigenvalue weighted by molar-refractivity contribution is 6.32. The van der Waals surface area contributed by atoms with E-state index in [4.69, 9.17) is 5.73 Å². The van der Waals surface area contributed by atoms with Gasteiger partial charge in [-0.1, -0.05) is 13.8 Å². The maximum absolute atomic E-state index is 14.9. The van der Waals surface area contributed by atoms with Crippen molar-refractivity contribution in [1.82, 2.24) is 9.80 Å². The lowest BCUT2D eigenvalue weighted by atomic mass is 9.52. The predicted octanol–water partition coefficient (Wildman–Crippen LogP) is 2.14. The number of carbonyl (C=O) groups excluding carboxylic acids is 5. The zero-order valence-electron chi connectivity index (χ0n) is 25.8. The molecule has 0 saturated heterocycles. The third-order valence-electron chi connectivity index (χ3n) is 10.1. The Morgan fingerprint density at radius 3 is 2.31 bits per heavy atom. The number of primary amides is 1. The molecule has 4 aliphatic rings.